The molecule has 0 heterocycles. The molecule has 0 aliphatic heterocycles. The second-order valence-corrected chi connectivity index (χ2v) is 4.58. The molecule has 1 unspecified atom stereocenters. The van der Waals surface area contributed by atoms with Gasteiger partial charge in [0.1, 0.15) is 11.3 Å². The normalized spacial score (nSPS) is 13.6. The molecule has 3 nitrogen and oxygen atoms in total. The molecule has 2 rings (SSSR count). The molecule has 0 amide bonds. The average molecular weight is 254 g/mol. The van der Waals surface area contributed by atoms with Crippen LogP contribution in [0.1, 0.15) is 18.1 Å². The number of benzene rings is 2. The smallest absolute Gasteiger partial charge is 0.118 e. The van der Waals surface area contributed by atoms with E-state index in [2.05, 4.69) is 11.7 Å². The number of nitrogens with two attached hydrogens (primary N) is 1. The summed E-state index contributed by atoms with van der Waals surface area (Å²) in [7, 11) is 1.65. The second kappa shape index (κ2) is 5.14. The first-order chi connectivity index (χ1) is 9.10. The molecule has 2 aromatic carbocycles. The lowest BCUT2D eigenvalue weighted by Crippen LogP contribution is -2.20. The monoisotopic (exact) mass is 254 g/mol. The van der Waals surface area contributed by atoms with E-state index >= 15 is 0 Å². The van der Waals surface area contributed by atoms with E-state index < -0.39 is 5.54 Å². The molecule has 0 radical (unpaired) electrons. The Balaban J connectivity index is 2.49. The van der Waals surface area contributed by atoms with E-state index in [0.29, 0.717) is 0 Å². The van der Waals surface area contributed by atoms with Gasteiger partial charge in [-0.25, -0.2) is 0 Å². The Kier molecular flexibility index (Phi) is 3.56. The molecule has 0 saturated carbocycles. The van der Waals surface area contributed by atoms with Crippen molar-refractivity contribution in [3.63, 3.8) is 0 Å². The van der Waals surface area contributed by atoms with Gasteiger partial charge in [-0.2, -0.15) is 0 Å². The zero-order valence-corrected chi connectivity index (χ0v) is 11.3. The third kappa shape index (κ3) is 2.45. The van der Waals surface area contributed by atoms with Crippen molar-refractivity contribution in [1.29, 1.82) is 0 Å². The van der Waals surface area contributed by atoms with E-state index in [1.54, 1.807) is 7.11 Å². The standard InChI is InChI=1S/C16H18N2O/c1-16(18-2,13-5-4-6-14(17)11-13)12-7-9-15(19-3)10-8-12/h4-11H,2,17H2,1,3H3. The van der Waals surface area contributed by atoms with Crippen LogP contribution in [0.3, 0.4) is 0 Å². The van der Waals surface area contributed by atoms with Crippen LogP contribution in [0.25, 0.3) is 0 Å². The minimum atomic E-state index is -0.512. The van der Waals surface area contributed by atoms with Crippen molar-refractivity contribution in [3.8, 4) is 5.75 Å². The molecule has 2 N–H and O–H groups in total. The van der Waals surface area contributed by atoms with Crippen LogP contribution >= 0.6 is 0 Å². The molecule has 0 aromatic heterocycles. The van der Waals surface area contributed by atoms with Crippen molar-refractivity contribution < 1.29 is 4.74 Å². The Labute approximate surface area is 113 Å². The van der Waals surface area contributed by atoms with Crippen molar-refractivity contribution in [2.75, 3.05) is 12.8 Å². The number of nitrogen functional groups attached to an aromatic ring is 1. The van der Waals surface area contributed by atoms with Gasteiger partial charge >= 0.3 is 0 Å². The van der Waals surface area contributed by atoms with Gasteiger partial charge in [-0.15, -0.1) is 0 Å². The SMILES string of the molecule is C=NC(C)(c1ccc(OC)cc1)c1cccc(N)c1. The van der Waals surface area contributed by atoms with Crippen LogP contribution in [0.4, 0.5) is 5.69 Å². The third-order valence-electron chi connectivity index (χ3n) is 3.42. The summed E-state index contributed by atoms with van der Waals surface area (Å²) >= 11 is 0. The first kappa shape index (κ1) is 13.1. The van der Waals surface area contributed by atoms with Crippen LogP contribution in [-0.2, 0) is 5.54 Å². The molecule has 0 saturated heterocycles. The van der Waals surface area contributed by atoms with Crippen LogP contribution in [0.2, 0.25) is 0 Å². The van der Waals surface area contributed by atoms with Crippen molar-refractivity contribution >= 4 is 12.4 Å². The number of anilines is 1. The maximum absolute atomic E-state index is 5.85. The molecule has 1 atom stereocenters. The summed E-state index contributed by atoms with van der Waals surface area (Å²) in [6.45, 7) is 5.76. The lowest BCUT2D eigenvalue weighted by molar-refractivity contribution is 0.414. The Morgan fingerprint density at radius 1 is 1.11 bits per heavy atom. The summed E-state index contributed by atoms with van der Waals surface area (Å²) in [5.41, 5.74) is 8.13. The zero-order valence-electron chi connectivity index (χ0n) is 11.3. The van der Waals surface area contributed by atoms with E-state index in [1.807, 2.05) is 55.5 Å². The quantitative estimate of drug-likeness (QED) is 0.672. The Morgan fingerprint density at radius 2 is 1.79 bits per heavy atom. The number of methoxy groups -OCH3 is 1. The summed E-state index contributed by atoms with van der Waals surface area (Å²) < 4.78 is 5.17. The summed E-state index contributed by atoms with van der Waals surface area (Å²) in [4.78, 5) is 4.31. The summed E-state index contributed by atoms with van der Waals surface area (Å²) in [6, 6.07) is 15.6. The predicted octanol–water partition coefficient (Wildman–Crippen LogP) is 3.24. The van der Waals surface area contributed by atoms with Crippen LogP contribution in [0.5, 0.6) is 5.75 Å². The zero-order chi connectivity index (χ0) is 13.9. The Bertz CT molecular complexity index is 578. The van der Waals surface area contributed by atoms with Crippen LogP contribution in [0, 0.1) is 0 Å². The van der Waals surface area contributed by atoms with Crippen molar-refractivity contribution in [1.82, 2.24) is 0 Å². The van der Waals surface area contributed by atoms with Gasteiger partial charge in [-0.05, 0) is 49.0 Å². The summed E-state index contributed by atoms with van der Waals surface area (Å²) in [5, 5.41) is 0. The summed E-state index contributed by atoms with van der Waals surface area (Å²) in [5.74, 6) is 0.822. The van der Waals surface area contributed by atoms with Gasteiger partial charge in [0.25, 0.3) is 0 Å². The minimum Gasteiger partial charge on any atom is -0.497 e. The fourth-order valence-electron chi connectivity index (χ4n) is 2.11. The second-order valence-electron chi connectivity index (χ2n) is 4.58. The van der Waals surface area contributed by atoms with E-state index in [0.717, 1.165) is 22.6 Å². The number of nitrogens with zero attached hydrogens (tertiary/aromatic N) is 1. The van der Waals surface area contributed by atoms with E-state index in [1.165, 1.54) is 0 Å². The molecule has 0 aliphatic rings. The lowest BCUT2D eigenvalue weighted by Gasteiger charge is -2.26. The molecular weight excluding hydrogens is 236 g/mol. The van der Waals surface area contributed by atoms with Crippen LogP contribution in [-0.4, -0.2) is 13.8 Å². The number of rotatable bonds is 4. The average Bonchev–Trinajstić information content (AvgIpc) is 2.46. The highest BCUT2D eigenvalue weighted by Crippen LogP contribution is 2.34. The first-order valence-corrected chi connectivity index (χ1v) is 6.08. The molecule has 0 fully saturated rings. The number of hydrogen-bond donors (Lipinski definition) is 1. The molecule has 19 heavy (non-hydrogen) atoms. The molecule has 0 spiro atoms. The maximum atomic E-state index is 5.85. The van der Waals surface area contributed by atoms with E-state index in [4.69, 9.17) is 10.5 Å². The lowest BCUT2D eigenvalue weighted by atomic mass is 9.85. The van der Waals surface area contributed by atoms with E-state index in [9.17, 15) is 0 Å². The van der Waals surface area contributed by atoms with Gasteiger partial charge in [-0.1, -0.05) is 24.3 Å². The highest BCUT2D eigenvalue weighted by Gasteiger charge is 2.27. The summed E-state index contributed by atoms with van der Waals surface area (Å²) in [6.07, 6.45) is 0. The molecule has 98 valence electrons. The molecule has 3 heteroatoms. The predicted molar refractivity (Wildman–Crippen MR) is 79.9 cm³/mol. The maximum Gasteiger partial charge on any atom is 0.118 e. The third-order valence-corrected chi connectivity index (χ3v) is 3.42. The highest BCUT2D eigenvalue weighted by molar-refractivity contribution is 5.49. The molecule has 0 bridgehead atoms. The number of ether oxygens (including phenoxy) is 1. The van der Waals surface area contributed by atoms with Gasteiger partial charge in [0, 0.05) is 5.69 Å². The largest absolute Gasteiger partial charge is 0.497 e. The number of hydrogen-bond acceptors (Lipinski definition) is 3. The van der Waals surface area contributed by atoms with Crippen LogP contribution in [0.15, 0.2) is 53.5 Å². The minimum absolute atomic E-state index is 0.512. The topological polar surface area (TPSA) is 47.6 Å². The fourth-order valence-corrected chi connectivity index (χ4v) is 2.11. The van der Waals surface area contributed by atoms with Gasteiger partial charge in [0.15, 0.2) is 0 Å². The molecule has 0 aliphatic carbocycles. The van der Waals surface area contributed by atoms with Gasteiger partial charge in [0.2, 0.25) is 0 Å². The molecule has 2 aromatic rings. The van der Waals surface area contributed by atoms with Crippen molar-refractivity contribution in [2.24, 2.45) is 4.99 Å². The number of aliphatic imine (C=N–C) groups is 1. The van der Waals surface area contributed by atoms with Gasteiger partial charge in [-0.3, -0.25) is 4.99 Å². The van der Waals surface area contributed by atoms with E-state index in [-0.39, 0.29) is 0 Å². The fraction of sp³-hybridized carbons (Fsp3) is 0.188. The van der Waals surface area contributed by atoms with Crippen molar-refractivity contribution in [2.45, 2.75) is 12.5 Å². The van der Waals surface area contributed by atoms with Gasteiger partial charge in [0.05, 0.1) is 7.11 Å². The molecular formula is C16H18N2O. The highest BCUT2D eigenvalue weighted by atomic mass is 16.5. The van der Waals surface area contributed by atoms with Gasteiger partial charge < -0.3 is 10.5 Å². The first-order valence-electron chi connectivity index (χ1n) is 6.08. The Hall–Kier alpha value is -2.29. The van der Waals surface area contributed by atoms with Crippen molar-refractivity contribution in [3.05, 3.63) is 59.7 Å². The Morgan fingerprint density at radius 3 is 2.32 bits per heavy atom. The van der Waals surface area contributed by atoms with Crippen LogP contribution < -0.4 is 10.5 Å².